The van der Waals surface area contributed by atoms with E-state index in [2.05, 4.69) is 177 Å². The molecule has 0 aromatic heterocycles. The van der Waals surface area contributed by atoms with Gasteiger partial charge in [-0.25, -0.2) is 0 Å². The van der Waals surface area contributed by atoms with Crippen molar-refractivity contribution in [2.75, 3.05) is 0 Å². The third kappa shape index (κ3) is 3.78. The van der Waals surface area contributed by atoms with Crippen molar-refractivity contribution in [3.63, 3.8) is 0 Å². The molecule has 6 aromatic rings. The molecular formula is C48H44. The first kappa shape index (κ1) is 29.5. The van der Waals surface area contributed by atoms with Gasteiger partial charge >= 0.3 is 0 Å². The highest BCUT2D eigenvalue weighted by atomic mass is 14.5. The van der Waals surface area contributed by atoms with Gasteiger partial charge < -0.3 is 0 Å². The molecule has 0 amide bonds. The summed E-state index contributed by atoms with van der Waals surface area (Å²) < 4.78 is 0. The summed E-state index contributed by atoms with van der Waals surface area (Å²) in [5.74, 6) is 0. The summed E-state index contributed by atoms with van der Waals surface area (Å²) in [5.41, 5.74) is 21.9. The minimum Gasteiger partial charge on any atom is -0.0622 e. The zero-order valence-electron chi connectivity index (χ0n) is 29.5. The largest absolute Gasteiger partial charge is 0.0622 e. The second kappa shape index (κ2) is 9.48. The fourth-order valence-electron chi connectivity index (χ4n) is 9.59. The van der Waals surface area contributed by atoms with Crippen molar-refractivity contribution in [2.45, 2.75) is 77.0 Å². The van der Waals surface area contributed by atoms with Crippen LogP contribution in [-0.2, 0) is 21.7 Å². The second-order valence-corrected chi connectivity index (χ2v) is 16.6. The molecule has 0 spiro atoms. The SMILES string of the molecule is CC1(C)c2ccccc2-c2ccc(-c3ccc4c(c3)C(C)(C)c3cc5c(cc3C4(C)C)-c3ccc(-c4ccccc4)cc3C5(C)C)cc21. The van der Waals surface area contributed by atoms with Crippen LogP contribution in [0.5, 0.6) is 0 Å². The molecule has 0 saturated carbocycles. The Labute approximate surface area is 286 Å². The number of hydrogen-bond acceptors (Lipinski definition) is 0. The Balaban J connectivity index is 1.17. The van der Waals surface area contributed by atoms with Crippen molar-refractivity contribution >= 4 is 0 Å². The van der Waals surface area contributed by atoms with Gasteiger partial charge in [-0.15, -0.1) is 0 Å². The average Bonchev–Trinajstić information content (AvgIpc) is 3.46. The smallest absolute Gasteiger partial charge is 0.0159 e. The number of benzene rings is 6. The van der Waals surface area contributed by atoms with Crippen LogP contribution in [0.3, 0.4) is 0 Å². The van der Waals surface area contributed by atoms with Gasteiger partial charge in [-0.1, -0.05) is 152 Å². The Morgan fingerprint density at radius 2 is 0.667 bits per heavy atom. The molecule has 0 radical (unpaired) electrons. The van der Waals surface area contributed by atoms with Crippen LogP contribution in [0.4, 0.5) is 0 Å². The van der Waals surface area contributed by atoms with E-state index >= 15 is 0 Å². The predicted molar refractivity (Wildman–Crippen MR) is 203 cm³/mol. The van der Waals surface area contributed by atoms with Gasteiger partial charge in [-0.3, -0.25) is 0 Å². The molecule has 0 nitrogen and oxygen atoms in total. The van der Waals surface area contributed by atoms with E-state index in [1.807, 2.05) is 0 Å². The summed E-state index contributed by atoms with van der Waals surface area (Å²) in [6.07, 6.45) is 0. The minimum absolute atomic E-state index is 0.0109. The molecule has 9 rings (SSSR count). The van der Waals surface area contributed by atoms with Gasteiger partial charge in [0.2, 0.25) is 0 Å². The lowest BCUT2D eigenvalue weighted by atomic mass is 9.59. The Hall–Kier alpha value is -4.68. The van der Waals surface area contributed by atoms with Gasteiger partial charge in [0.1, 0.15) is 0 Å². The Morgan fingerprint density at radius 1 is 0.250 bits per heavy atom. The van der Waals surface area contributed by atoms with Crippen molar-refractivity contribution in [2.24, 2.45) is 0 Å². The van der Waals surface area contributed by atoms with Crippen LogP contribution in [0.15, 0.2) is 121 Å². The zero-order valence-corrected chi connectivity index (χ0v) is 29.5. The summed E-state index contributed by atoms with van der Waals surface area (Å²) in [5, 5.41) is 0. The Morgan fingerprint density at radius 3 is 1.35 bits per heavy atom. The van der Waals surface area contributed by atoms with Crippen molar-refractivity contribution in [1.82, 2.24) is 0 Å². The van der Waals surface area contributed by atoms with Gasteiger partial charge in [-0.05, 0) is 113 Å². The van der Waals surface area contributed by atoms with Crippen LogP contribution in [0.1, 0.15) is 99.9 Å². The van der Waals surface area contributed by atoms with Crippen molar-refractivity contribution in [3.8, 4) is 44.5 Å². The van der Waals surface area contributed by atoms with E-state index in [1.54, 1.807) is 0 Å². The molecule has 0 atom stereocenters. The lowest BCUT2D eigenvalue weighted by molar-refractivity contribution is 0.518. The molecule has 6 aromatic carbocycles. The molecule has 3 aliphatic carbocycles. The zero-order chi connectivity index (χ0) is 33.4. The lowest BCUT2D eigenvalue weighted by Gasteiger charge is -2.45. The van der Waals surface area contributed by atoms with E-state index in [-0.39, 0.29) is 21.7 Å². The average molecular weight is 621 g/mol. The first-order valence-corrected chi connectivity index (χ1v) is 17.6. The minimum atomic E-state index is -0.141. The van der Waals surface area contributed by atoms with Crippen LogP contribution >= 0.6 is 0 Å². The molecule has 0 heterocycles. The van der Waals surface area contributed by atoms with Crippen LogP contribution in [0.25, 0.3) is 44.5 Å². The molecule has 0 heteroatoms. The predicted octanol–water partition coefficient (Wildman–Crippen LogP) is 12.6. The molecular weight excluding hydrogens is 577 g/mol. The quantitative estimate of drug-likeness (QED) is 0.181. The standard InChI is InChI=1S/C48H44/c1-45(2)37-17-13-12-16-33(37)34-21-19-31(25-39(34)45)32-20-23-38-42(26-32)48(7,8)44-28-41-36(27-43(44)46(38,3)4)35-22-18-30(24-40(35)47(41,5)6)29-14-10-9-11-15-29/h9-28H,1-8H3. The first-order valence-electron chi connectivity index (χ1n) is 17.6. The topological polar surface area (TPSA) is 0 Å². The summed E-state index contributed by atoms with van der Waals surface area (Å²) >= 11 is 0. The van der Waals surface area contributed by atoms with Gasteiger partial charge in [0.05, 0.1) is 0 Å². The van der Waals surface area contributed by atoms with Crippen molar-refractivity contribution in [3.05, 3.63) is 166 Å². The molecule has 48 heavy (non-hydrogen) atoms. The van der Waals surface area contributed by atoms with E-state index in [1.165, 1.54) is 89.0 Å². The molecule has 0 N–H and O–H groups in total. The molecule has 0 bridgehead atoms. The molecule has 0 unspecified atom stereocenters. The Kier molecular flexibility index (Phi) is 5.82. The Bertz CT molecular complexity index is 2320. The molecule has 0 fully saturated rings. The maximum Gasteiger partial charge on any atom is 0.0159 e. The normalized spacial score (nSPS) is 17.8. The van der Waals surface area contributed by atoms with E-state index in [4.69, 9.17) is 0 Å². The fourth-order valence-corrected chi connectivity index (χ4v) is 9.59. The van der Waals surface area contributed by atoms with Gasteiger partial charge in [0.25, 0.3) is 0 Å². The maximum absolute atomic E-state index is 2.58. The molecule has 0 saturated heterocycles. The van der Waals surface area contributed by atoms with Crippen LogP contribution < -0.4 is 0 Å². The third-order valence-corrected chi connectivity index (χ3v) is 12.6. The third-order valence-electron chi connectivity index (χ3n) is 12.6. The maximum atomic E-state index is 2.58. The highest BCUT2D eigenvalue weighted by Gasteiger charge is 2.45. The van der Waals surface area contributed by atoms with E-state index in [9.17, 15) is 0 Å². The number of rotatable bonds is 2. The monoisotopic (exact) mass is 620 g/mol. The summed E-state index contributed by atoms with van der Waals surface area (Å²) in [6, 6.07) is 46.4. The van der Waals surface area contributed by atoms with Gasteiger partial charge in [-0.2, -0.15) is 0 Å². The van der Waals surface area contributed by atoms with Crippen LogP contribution in [-0.4, -0.2) is 0 Å². The fraction of sp³-hybridized carbons (Fsp3) is 0.250. The van der Waals surface area contributed by atoms with Gasteiger partial charge in [0, 0.05) is 21.7 Å². The molecule has 236 valence electrons. The summed E-state index contributed by atoms with van der Waals surface area (Å²) in [6.45, 7) is 19.3. The highest BCUT2D eigenvalue weighted by Crippen LogP contribution is 2.57. The summed E-state index contributed by atoms with van der Waals surface area (Å²) in [7, 11) is 0. The van der Waals surface area contributed by atoms with E-state index in [0.29, 0.717) is 0 Å². The van der Waals surface area contributed by atoms with Crippen molar-refractivity contribution in [1.29, 1.82) is 0 Å². The highest BCUT2D eigenvalue weighted by molar-refractivity contribution is 5.86. The van der Waals surface area contributed by atoms with Crippen LogP contribution in [0, 0.1) is 0 Å². The lowest BCUT2D eigenvalue weighted by Crippen LogP contribution is -2.37. The summed E-state index contributed by atoms with van der Waals surface area (Å²) in [4.78, 5) is 0. The number of fused-ring (bicyclic) bond motifs is 8. The molecule has 3 aliphatic rings. The first-order chi connectivity index (χ1) is 22.8. The van der Waals surface area contributed by atoms with E-state index < -0.39 is 0 Å². The second-order valence-electron chi connectivity index (χ2n) is 16.6. The van der Waals surface area contributed by atoms with Gasteiger partial charge in [0.15, 0.2) is 0 Å². The van der Waals surface area contributed by atoms with Crippen molar-refractivity contribution < 1.29 is 0 Å². The molecule has 0 aliphatic heterocycles. The van der Waals surface area contributed by atoms with Crippen LogP contribution in [0.2, 0.25) is 0 Å². The van der Waals surface area contributed by atoms with E-state index in [0.717, 1.165) is 0 Å². The number of hydrogen-bond donors (Lipinski definition) is 0.